The highest BCUT2D eigenvalue weighted by Crippen LogP contribution is 2.39. The molecular weight excluding hydrogens is 590 g/mol. The molecule has 0 fully saturated rings. The Hall–Kier alpha value is -2.53. The minimum absolute atomic E-state index is 0.110. The van der Waals surface area contributed by atoms with E-state index in [1.165, 1.54) is 18.4 Å². The summed E-state index contributed by atoms with van der Waals surface area (Å²) in [6.07, 6.45) is 0. The van der Waals surface area contributed by atoms with Crippen molar-refractivity contribution in [3.05, 3.63) is 68.6 Å². The second-order valence-corrected chi connectivity index (χ2v) is 10.3. The van der Waals surface area contributed by atoms with E-state index in [4.69, 9.17) is 17.0 Å². The Kier molecular flexibility index (Phi) is 6.99. The third-order valence-corrected chi connectivity index (χ3v) is 7.09. The van der Waals surface area contributed by atoms with Crippen molar-refractivity contribution in [3.8, 4) is 22.1 Å². The second kappa shape index (κ2) is 9.76. The van der Waals surface area contributed by atoms with Crippen LogP contribution in [0, 0.1) is 6.92 Å². The van der Waals surface area contributed by atoms with Crippen molar-refractivity contribution in [2.75, 3.05) is 12.4 Å². The molecule has 1 aromatic heterocycles. The van der Waals surface area contributed by atoms with Crippen LogP contribution in [0.25, 0.3) is 20.8 Å². The van der Waals surface area contributed by atoms with E-state index >= 15 is 0 Å². The van der Waals surface area contributed by atoms with Crippen LogP contribution in [-0.2, 0) is 0 Å². The monoisotopic (exact) mass is 605 g/mol. The summed E-state index contributed by atoms with van der Waals surface area (Å²) in [5, 5.41) is 17.2. The third-order valence-electron chi connectivity index (χ3n) is 4.77. The lowest BCUT2D eigenvalue weighted by atomic mass is 10.1. The van der Waals surface area contributed by atoms with Crippen molar-refractivity contribution in [2.45, 2.75) is 6.92 Å². The Balaban J connectivity index is 1.58. The van der Waals surface area contributed by atoms with E-state index in [-0.39, 0.29) is 10.9 Å². The number of aromatic hydroxyl groups is 1. The molecule has 0 saturated carbocycles. The fraction of sp³-hybridized carbons (Fsp3) is 0.0870. The molecule has 4 aromatic rings. The Morgan fingerprint density at radius 3 is 2.67 bits per heavy atom. The number of aromatic nitrogens is 1. The van der Waals surface area contributed by atoms with E-state index in [1.54, 1.807) is 31.2 Å². The van der Waals surface area contributed by atoms with Gasteiger partial charge in [-0.1, -0.05) is 28.1 Å². The van der Waals surface area contributed by atoms with Gasteiger partial charge in [-0.15, -0.1) is 11.3 Å². The molecular formula is C23H17Br2N3O3S2. The molecule has 3 N–H and O–H groups in total. The number of carbonyl (C=O) groups is 1. The number of hydrogen-bond donors (Lipinski definition) is 3. The number of nitrogens with zero attached hydrogens (tertiary/aromatic N) is 1. The number of carbonyl (C=O) groups excluding carboxylic acids is 1. The van der Waals surface area contributed by atoms with Gasteiger partial charge in [0.2, 0.25) is 0 Å². The Morgan fingerprint density at radius 1 is 1.18 bits per heavy atom. The van der Waals surface area contributed by atoms with Crippen LogP contribution >= 0.6 is 55.4 Å². The molecule has 6 nitrogen and oxygen atoms in total. The SMILES string of the molecule is COc1c(Br)cc(Br)cc1C(=O)NC(=S)Nc1cc(C)c(O)c(-c2nc3ccccc3s2)c1. The summed E-state index contributed by atoms with van der Waals surface area (Å²) >= 11 is 13.6. The fourth-order valence-electron chi connectivity index (χ4n) is 3.27. The molecule has 0 bridgehead atoms. The van der Waals surface area contributed by atoms with Gasteiger partial charge in [0.05, 0.1) is 32.9 Å². The number of aryl methyl sites for hydroxylation is 1. The summed E-state index contributed by atoms with van der Waals surface area (Å²) in [5.74, 6) is 0.128. The van der Waals surface area contributed by atoms with Gasteiger partial charge in [0.25, 0.3) is 5.91 Å². The highest BCUT2D eigenvalue weighted by Gasteiger charge is 2.18. The van der Waals surface area contributed by atoms with Crippen LogP contribution in [0.3, 0.4) is 0 Å². The number of phenolic OH excluding ortho intramolecular Hbond substituents is 1. The number of halogens is 2. The van der Waals surface area contributed by atoms with Gasteiger partial charge in [-0.3, -0.25) is 10.1 Å². The van der Waals surface area contributed by atoms with Gasteiger partial charge in [0.1, 0.15) is 16.5 Å². The van der Waals surface area contributed by atoms with Crippen LogP contribution in [-0.4, -0.2) is 28.2 Å². The number of fused-ring (bicyclic) bond motifs is 1. The number of methoxy groups -OCH3 is 1. The van der Waals surface area contributed by atoms with Gasteiger partial charge in [0, 0.05) is 10.2 Å². The lowest BCUT2D eigenvalue weighted by Crippen LogP contribution is -2.34. The molecule has 1 amide bonds. The normalized spacial score (nSPS) is 10.8. The molecule has 0 saturated heterocycles. The molecule has 0 radical (unpaired) electrons. The van der Waals surface area contributed by atoms with Gasteiger partial charge in [-0.2, -0.15) is 0 Å². The molecule has 10 heteroatoms. The summed E-state index contributed by atoms with van der Waals surface area (Å²) < 4.78 is 7.73. The first-order valence-corrected chi connectivity index (χ1v) is 12.4. The molecule has 168 valence electrons. The highest BCUT2D eigenvalue weighted by molar-refractivity contribution is 9.11. The number of para-hydroxylation sites is 1. The maximum atomic E-state index is 12.8. The standard InChI is InChI=1S/C23H17Br2N3O3S2/c1-11-7-13(10-14(19(11)29)22-27-17-5-3-4-6-18(17)33-22)26-23(32)28-21(30)15-8-12(24)9-16(25)20(15)31-2/h3-10,29H,1-2H3,(H2,26,28,30,32). The van der Waals surface area contributed by atoms with Crippen molar-refractivity contribution in [3.63, 3.8) is 0 Å². The number of nitrogens with one attached hydrogen (secondary N) is 2. The van der Waals surface area contributed by atoms with E-state index in [2.05, 4.69) is 47.5 Å². The lowest BCUT2D eigenvalue weighted by molar-refractivity contribution is 0.0974. The van der Waals surface area contributed by atoms with E-state index in [0.717, 1.165) is 10.2 Å². The fourth-order valence-corrected chi connectivity index (χ4v) is 5.85. The maximum Gasteiger partial charge on any atom is 0.261 e. The number of ether oxygens (including phenoxy) is 1. The van der Waals surface area contributed by atoms with E-state index in [1.807, 2.05) is 24.3 Å². The molecule has 0 unspecified atom stereocenters. The Labute approximate surface area is 216 Å². The number of anilines is 1. The second-order valence-electron chi connectivity index (χ2n) is 7.05. The van der Waals surface area contributed by atoms with Gasteiger partial charge in [0.15, 0.2) is 5.11 Å². The van der Waals surface area contributed by atoms with Gasteiger partial charge in [-0.25, -0.2) is 4.98 Å². The zero-order valence-corrected chi connectivity index (χ0v) is 22.2. The number of amides is 1. The van der Waals surface area contributed by atoms with Gasteiger partial charge < -0.3 is 15.2 Å². The number of benzene rings is 3. The number of thiazole rings is 1. The molecule has 3 aromatic carbocycles. The molecule has 0 aliphatic heterocycles. The summed E-state index contributed by atoms with van der Waals surface area (Å²) in [6, 6.07) is 14.7. The van der Waals surface area contributed by atoms with Crippen LogP contribution in [0.15, 0.2) is 57.5 Å². The third kappa shape index (κ3) is 5.03. The van der Waals surface area contributed by atoms with Crippen LogP contribution in [0.2, 0.25) is 0 Å². The average molecular weight is 607 g/mol. The maximum absolute atomic E-state index is 12.8. The molecule has 33 heavy (non-hydrogen) atoms. The zero-order chi connectivity index (χ0) is 23.7. The van der Waals surface area contributed by atoms with Crippen molar-refractivity contribution in [1.82, 2.24) is 10.3 Å². The van der Waals surface area contributed by atoms with Crippen LogP contribution in [0.5, 0.6) is 11.5 Å². The number of rotatable bonds is 4. The quantitative estimate of drug-likeness (QED) is 0.178. The first-order valence-electron chi connectivity index (χ1n) is 9.61. The zero-order valence-electron chi connectivity index (χ0n) is 17.4. The van der Waals surface area contributed by atoms with Crippen LogP contribution in [0.4, 0.5) is 5.69 Å². The van der Waals surface area contributed by atoms with E-state index < -0.39 is 5.91 Å². The molecule has 0 aliphatic carbocycles. The first kappa shape index (κ1) is 23.6. The molecule has 0 aliphatic rings. The van der Waals surface area contributed by atoms with Gasteiger partial charge >= 0.3 is 0 Å². The molecule has 0 spiro atoms. The number of hydrogen-bond acceptors (Lipinski definition) is 6. The minimum Gasteiger partial charge on any atom is -0.507 e. The van der Waals surface area contributed by atoms with Crippen molar-refractivity contribution in [1.29, 1.82) is 0 Å². The highest BCUT2D eigenvalue weighted by atomic mass is 79.9. The van der Waals surface area contributed by atoms with Gasteiger partial charge in [-0.05, 0) is 77.0 Å². The number of thiocarbonyl (C=S) groups is 1. The summed E-state index contributed by atoms with van der Waals surface area (Å²) in [4.78, 5) is 17.5. The minimum atomic E-state index is -0.423. The predicted octanol–water partition coefficient (Wildman–Crippen LogP) is 6.64. The average Bonchev–Trinajstić information content (AvgIpc) is 3.19. The lowest BCUT2D eigenvalue weighted by Gasteiger charge is -2.14. The largest absolute Gasteiger partial charge is 0.507 e. The predicted molar refractivity (Wildman–Crippen MR) is 144 cm³/mol. The molecule has 4 rings (SSSR count). The molecule has 0 atom stereocenters. The molecule has 1 heterocycles. The van der Waals surface area contributed by atoms with Crippen LogP contribution in [0.1, 0.15) is 15.9 Å². The van der Waals surface area contributed by atoms with Crippen molar-refractivity contribution >= 4 is 82.3 Å². The van der Waals surface area contributed by atoms with Crippen molar-refractivity contribution < 1.29 is 14.6 Å². The first-order chi connectivity index (χ1) is 15.8. The van der Waals surface area contributed by atoms with Crippen molar-refractivity contribution in [2.24, 2.45) is 0 Å². The topological polar surface area (TPSA) is 83.5 Å². The smallest absolute Gasteiger partial charge is 0.261 e. The summed E-state index contributed by atoms with van der Waals surface area (Å²) in [5.41, 5.74) is 3.04. The van der Waals surface area contributed by atoms with Crippen LogP contribution < -0.4 is 15.4 Å². The Bertz CT molecular complexity index is 1370. The Morgan fingerprint density at radius 2 is 1.94 bits per heavy atom. The summed E-state index contributed by atoms with van der Waals surface area (Å²) in [6.45, 7) is 1.79. The summed E-state index contributed by atoms with van der Waals surface area (Å²) in [7, 11) is 1.49. The number of phenols is 1. The van der Waals surface area contributed by atoms with E-state index in [9.17, 15) is 9.90 Å². The van der Waals surface area contributed by atoms with E-state index in [0.29, 0.717) is 42.1 Å².